The molecule has 1 amide bonds. The molecule has 2 heterocycles. The molecular formula is C16H20N4O2. The zero-order valence-corrected chi connectivity index (χ0v) is 12.7. The van der Waals surface area contributed by atoms with Crippen molar-refractivity contribution in [2.24, 2.45) is 0 Å². The molecule has 1 aliphatic heterocycles. The maximum atomic E-state index is 11.5. The number of imidazole rings is 1. The van der Waals surface area contributed by atoms with Crippen molar-refractivity contribution in [2.45, 2.75) is 38.9 Å². The van der Waals surface area contributed by atoms with Gasteiger partial charge in [-0.3, -0.25) is 10.2 Å². The van der Waals surface area contributed by atoms with E-state index >= 15 is 0 Å². The summed E-state index contributed by atoms with van der Waals surface area (Å²) in [7, 11) is 0. The molecule has 6 nitrogen and oxygen atoms in total. The van der Waals surface area contributed by atoms with Gasteiger partial charge in [-0.2, -0.15) is 0 Å². The quantitative estimate of drug-likeness (QED) is 0.946. The Kier molecular flexibility index (Phi) is 3.26. The molecule has 0 unspecified atom stereocenters. The van der Waals surface area contributed by atoms with Crippen molar-refractivity contribution in [3.8, 4) is 0 Å². The predicted octanol–water partition coefficient (Wildman–Crippen LogP) is 2.58. The monoisotopic (exact) mass is 300 g/mol. The topological polar surface area (TPSA) is 59.4 Å². The van der Waals surface area contributed by atoms with Gasteiger partial charge in [0, 0.05) is 24.8 Å². The largest absolute Gasteiger partial charge is 0.450 e. The normalized spacial score (nSPS) is 18.2. The molecule has 1 saturated carbocycles. The summed E-state index contributed by atoms with van der Waals surface area (Å²) < 4.78 is 7.20. The molecule has 0 radical (unpaired) electrons. The zero-order chi connectivity index (χ0) is 15.1. The van der Waals surface area contributed by atoms with Gasteiger partial charge in [0.15, 0.2) is 0 Å². The smallest absolute Gasteiger partial charge is 0.411 e. The van der Waals surface area contributed by atoms with Gasteiger partial charge in [0.25, 0.3) is 0 Å². The molecule has 0 atom stereocenters. The van der Waals surface area contributed by atoms with E-state index in [2.05, 4.69) is 14.8 Å². The second kappa shape index (κ2) is 5.28. The second-order valence-electron chi connectivity index (χ2n) is 5.93. The fraction of sp³-hybridized carbons (Fsp3) is 0.500. The lowest BCUT2D eigenvalue weighted by Gasteiger charge is -2.27. The molecule has 1 fully saturated rings. The number of carbonyl (C=O) groups excluding carboxylic acids is 1. The van der Waals surface area contributed by atoms with Crippen LogP contribution in [0.3, 0.4) is 0 Å². The van der Waals surface area contributed by atoms with Crippen LogP contribution in [0.5, 0.6) is 0 Å². The van der Waals surface area contributed by atoms with E-state index in [0.29, 0.717) is 6.61 Å². The van der Waals surface area contributed by atoms with Crippen molar-refractivity contribution in [3.05, 3.63) is 24.0 Å². The lowest BCUT2D eigenvalue weighted by atomic mass is 10.2. The van der Waals surface area contributed by atoms with E-state index in [9.17, 15) is 4.79 Å². The highest BCUT2D eigenvalue weighted by Gasteiger charge is 2.32. The third-order valence-electron chi connectivity index (χ3n) is 4.37. The maximum Gasteiger partial charge on any atom is 0.411 e. The van der Waals surface area contributed by atoms with Crippen LogP contribution in [0.4, 0.5) is 10.5 Å². The van der Waals surface area contributed by atoms with Gasteiger partial charge < -0.3 is 9.30 Å². The number of amides is 1. The summed E-state index contributed by atoms with van der Waals surface area (Å²) in [5.74, 6) is 1.13. The highest BCUT2D eigenvalue weighted by Crippen LogP contribution is 2.31. The summed E-state index contributed by atoms with van der Waals surface area (Å²) in [5.41, 5.74) is 2.79. The number of nitrogens with one attached hydrogen (secondary N) is 1. The van der Waals surface area contributed by atoms with Crippen molar-refractivity contribution < 1.29 is 9.53 Å². The van der Waals surface area contributed by atoms with E-state index < -0.39 is 6.09 Å². The molecule has 6 heteroatoms. The van der Waals surface area contributed by atoms with Gasteiger partial charge in [0.2, 0.25) is 0 Å². The SMILES string of the molecule is CCOC(=O)Nc1ccc2c(c1)nc1n2CCN(C2CC2)C1. The number of hydrogen-bond acceptors (Lipinski definition) is 4. The lowest BCUT2D eigenvalue weighted by Crippen LogP contribution is -2.35. The number of anilines is 1. The molecule has 4 rings (SSSR count). The lowest BCUT2D eigenvalue weighted by molar-refractivity contribution is 0.168. The number of fused-ring (bicyclic) bond motifs is 3. The van der Waals surface area contributed by atoms with Crippen molar-refractivity contribution in [1.82, 2.24) is 14.5 Å². The van der Waals surface area contributed by atoms with E-state index in [4.69, 9.17) is 9.72 Å². The van der Waals surface area contributed by atoms with Gasteiger partial charge in [-0.1, -0.05) is 0 Å². The molecule has 2 aliphatic rings. The summed E-state index contributed by atoms with van der Waals surface area (Å²) in [6.45, 7) is 5.18. The molecule has 1 N–H and O–H groups in total. The number of aromatic nitrogens is 2. The fourth-order valence-corrected chi connectivity index (χ4v) is 3.15. The molecule has 1 aliphatic carbocycles. The Morgan fingerprint density at radius 1 is 1.41 bits per heavy atom. The Balaban J connectivity index is 1.60. The number of ether oxygens (including phenoxy) is 1. The van der Waals surface area contributed by atoms with Crippen LogP contribution in [-0.4, -0.2) is 39.7 Å². The maximum absolute atomic E-state index is 11.5. The molecule has 0 spiro atoms. The number of benzene rings is 1. The Morgan fingerprint density at radius 2 is 2.27 bits per heavy atom. The van der Waals surface area contributed by atoms with Crippen LogP contribution in [0.2, 0.25) is 0 Å². The first-order valence-corrected chi connectivity index (χ1v) is 7.91. The second-order valence-corrected chi connectivity index (χ2v) is 5.93. The van der Waals surface area contributed by atoms with Gasteiger partial charge in [-0.25, -0.2) is 9.78 Å². The number of carbonyl (C=O) groups is 1. The first-order valence-electron chi connectivity index (χ1n) is 7.91. The van der Waals surface area contributed by atoms with E-state index in [1.807, 2.05) is 18.2 Å². The van der Waals surface area contributed by atoms with E-state index in [-0.39, 0.29) is 0 Å². The van der Waals surface area contributed by atoms with Crippen molar-refractivity contribution in [1.29, 1.82) is 0 Å². The van der Waals surface area contributed by atoms with Gasteiger partial charge in [0.05, 0.1) is 24.2 Å². The summed E-state index contributed by atoms with van der Waals surface area (Å²) in [4.78, 5) is 18.8. The molecule has 1 aromatic heterocycles. The highest BCUT2D eigenvalue weighted by atomic mass is 16.5. The Labute approximate surface area is 129 Å². The van der Waals surface area contributed by atoms with E-state index in [1.54, 1.807) is 6.92 Å². The molecule has 0 bridgehead atoms. The van der Waals surface area contributed by atoms with Crippen LogP contribution < -0.4 is 5.32 Å². The first-order chi connectivity index (χ1) is 10.7. The number of nitrogens with zero attached hydrogens (tertiary/aromatic N) is 3. The van der Waals surface area contributed by atoms with Gasteiger partial charge in [-0.15, -0.1) is 0 Å². The van der Waals surface area contributed by atoms with E-state index in [1.165, 1.54) is 12.8 Å². The highest BCUT2D eigenvalue weighted by molar-refractivity contribution is 5.89. The first kappa shape index (κ1) is 13.6. The number of rotatable bonds is 3. The van der Waals surface area contributed by atoms with Gasteiger partial charge in [-0.05, 0) is 38.0 Å². The summed E-state index contributed by atoms with van der Waals surface area (Å²) in [5, 5.41) is 2.73. The van der Waals surface area contributed by atoms with Crippen LogP contribution in [0, 0.1) is 0 Å². The van der Waals surface area contributed by atoms with Gasteiger partial charge >= 0.3 is 6.09 Å². The minimum absolute atomic E-state index is 0.365. The molecule has 116 valence electrons. The molecule has 0 saturated heterocycles. The van der Waals surface area contributed by atoms with Crippen LogP contribution in [0.25, 0.3) is 11.0 Å². The number of hydrogen-bond donors (Lipinski definition) is 1. The average molecular weight is 300 g/mol. The van der Waals surface area contributed by atoms with Crippen LogP contribution in [-0.2, 0) is 17.8 Å². The summed E-state index contributed by atoms with van der Waals surface area (Å²) in [6.07, 6.45) is 2.23. The molecule has 2 aromatic rings. The Morgan fingerprint density at radius 3 is 3.05 bits per heavy atom. The summed E-state index contributed by atoms with van der Waals surface area (Å²) >= 11 is 0. The molecular weight excluding hydrogens is 280 g/mol. The third-order valence-corrected chi connectivity index (χ3v) is 4.37. The van der Waals surface area contributed by atoms with Crippen LogP contribution in [0.1, 0.15) is 25.6 Å². The van der Waals surface area contributed by atoms with Gasteiger partial charge in [0.1, 0.15) is 5.82 Å². The summed E-state index contributed by atoms with van der Waals surface area (Å²) in [6, 6.07) is 6.62. The third kappa shape index (κ3) is 2.43. The average Bonchev–Trinajstić information content (AvgIpc) is 3.28. The van der Waals surface area contributed by atoms with Crippen molar-refractivity contribution in [2.75, 3.05) is 18.5 Å². The molecule has 1 aromatic carbocycles. The Hall–Kier alpha value is -2.08. The molecule has 22 heavy (non-hydrogen) atoms. The van der Waals surface area contributed by atoms with Crippen molar-refractivity contribution in [3.63, 3.8) is 0 Å². The fourth-order valence-electron chi connectivity index (χ4n) is 3.15. The minimum Gasteiger partial charge on any atom is -0.450 e. The standard InChI is InChI=1S/C16H20N4O2/c1-2-22-16(21)17-11-3-6-14-13(9-11)18-15-10-19(12-4-5-12)7-8-20(14)15/h3,6,9,12H,2,4-5,7-8,10H2,1H3,(H,17,21). The minimum atomic E-state index is -0.425. The zero-order valence-electron chi connectivity index (χ0n) is 12.7. The van der Waals surface area contributed by atoms with Crippen LogP contribution >= 0.6 is 0 Å². The van der Waals surface area contributed by atoms with E-state index in [0.717, 1.165) is 48.2 Å². The predicted molar refractivity (Wildman–Crippen MR) is 83.8 cm³/mol. The van der Waals surface area contributed by atoms with Crippen LogP contribution in [0.15, 0.2) is 18.2 Å². The van der Waals surface area contributed by atoms with Crippen molar-refractivity contribution >= 4 is 22.8 Å². The Bertz CT molecular complexity index is 720.